The van der Waals surface area contributed by atoms with E-state index in [2.05, 4.69) is 0 Å². The van der Waals surface area contributed by atoms with Crippen LogP contribution in [0.1, 0.15) is 19.4 Å². The van der Waals surface area contributed by atoms with E-state index in [0.717, 1.165) is 5.56 Å². The predicted molar refractivity (Wildman–Crippen MR) is 74.6 cm³/mol. The Morgan fingerprint density at radius 2 is 1.63 bits per heavy atom. The van der Waals surface area contributed by atoms with Gasteiger partial charge < -0.3 is 14.6 Å². The third-order valence-electron chi connectivity index (χ3n) is 2.56. The average Bonchev–Trinajstić information content (AvgIpc) is 2.40. The zero-order valence-corrected chi connectivity index (χ0v) is 11.2. The lowest BCUT2D eigenvalue weighted by molar-refractivity contribution is 0.224. The van der Waals surface area contributed by atoms with Crippen molar-refractivity contribution in [2.75, 3.05) is 0 Å². The fourth-order valence-electron chi connectivity index (χ4n) is 1.70. The van der Waals surface area contributed by atoms with Gasteiger partial charge in [0, 0.05) is 0 Å². The molecule has 0 aliphatic rings. The van der Waals surface area contributed by atoms with Crippen molar-refractivity contribution in [2.45, 2.75) is 26.6 Å². The topological polar surface area (TPSA) is 38.7 Å². The van der Waals surface area contributed by atoms with Crippen molar-refractivity contribution in [3.05, 3.63) is 54.1 Å². The summed E-state index contributed by atoms with van der Waals surface area (Å²) in [6, 6.07) is 15.1. The summed E-state index contributed by atoms with van der Waals surface area (Å²) in [4.78, 5) is 0. The molecule has 0 aromatic heterocycles. The minimum atomic E-state index is 0.00951. The maximum atomic E-state index is 10.1. The smallest absolute Gasteiger partial charge is 0.200 e. The molecule has 0 fully saturated rings. The molecule has 0 spiro atoms. The second kappa shape index (κ2) is 6.14. The van der Waals surface area contributed by atoms with Crippen molar-refractivity contribution in [1.29, 1.82) is 0 Å². The number of hydrogen-bond donors (Lipinski definition) is 1. The Bertz CT molecular complexity index is 521. The van der Waals surface area contributed by atoms with E-state index in [1.165, 1.54) is 0 Å². The monoisotopic (exact) mass is 258 g/mol. The highest BCUT2D eigenvalue weighted by molar-refractivity contribution is 5.50. The van der Waals surface area contributed by atoms with E-state index in [1.807, 2.05) is 44.2 Å². The van der Waals surface area contributed by atoms with E-state index >= 15 is 0 Å². The molecule has 0 saturated carbocycles. The lowest BCUT2D eigenvalue weighted by Gasteiger charge is -2.14. The zero-order valence-electron chi connectivity index (χ0n) is 11.2. The highest BCUT2D eigenvalue weighted by atomic mass is 16.5. The maximum absolute atomic E-state index is 10.1. The summed E-state index contributed by atoms with van der Waals surface area (Å²) < 4.78 is 11.1. The Morgan fingerprint density at radius 3 is 2.32 bits per heavy atom. The van der Waals surface area contributed by atoms with Gasteiger partial charge >= 0.3 is 0 Å². The molecule has 3 heteroatoms. The molecule has 2 aromatic carbocycles. The van der Waals surface area contributed by atoms with E-state index < -0.39 is 0 Å². The van der Waals surface area contributed by atoms with Crippen LogP contribution in [0.5, 0.6) is 17.2 Å². The van der Waals surface area contributed by atoms with Crippen molar-refractivity contribution >= 4 is 0 Å². The maximum Gasteiger partial charge on any atom is 0.200 e. The van der Waals surface area contributed by atoms with Gasteiger partial charge in [0.05, 0.1) is 6.10 Å². The number of aromatic hydroxyl groups is 1. The van der Waals surface area contributed by atoms with Crippen LogP contribution in [0, 0.1) is 0 Å². The largest absolute Gasteiger partial charge is 0.502 e. The molecule has 19 heavy (non-hydrogen) atoms. The quantitative estimate of drug-likeness (QED) is 0.887. The number of rotatable bonds is 5. The van der Waals surface area contributed by atoms with Gasteiger partial charge in [0.2, 0.25) is 5.75 Å². The van der Waals surface area contributed by atoms with Crippen LogP contribution in [0.2, 0.25) is 0 Å². The Hall–Kier alpha value is -2.16. The molecule has 0 bridgehead atoms. The number of para-hydroxylation sites is 1. The normalized spacial score (nSPS) is 10.5. The fourth-order valence-corrected chi connectivity index (χ4v) is 1.70. The van der Waals surface area contributed by atoms with Gasteiger partial charge in [-0.05, 0) is 31.5 Å². The van der Waals surface area contributed by atoms with Gasteiger partial charge in [-0.15, -0.1) is 0 Å². The summed E-state index contributed by atoms with van der Waals surface area (Å²) >= 11 is 0. The van der Waals surface area contributed by atoms with Gasteiger partial charge in [-0.3, -0.25) is 0 Å². The van der Waals surface area contributed by atoms with E-state index in [0.29, 0.717) is 18.1 Å². The second-order valence-electron chi connectivity index (χ2n) is 4.54. The van der Waals surface area contributed by atoms with Crippen molar-refractivity contribution in [3.8, 4) is 17.2 Å². The summed E-state index contributed by atoms with van der Waals surface area (Å²) in [5.41, 5.74) is 1.05. The molecular formula is C16H18O3. The van der Waals surface area contributed by atoms with Crippen molar-refractivity contribution in [3.63, 3.8) is 0 Å². The van der Waals surface area contributed by atoms with Gasteiger partial charge in [0.25, 0.3) is 0 Å². The molecule has 0 atom stereocenters. The number of hydrogen-bond acceptors (Lipinski definition) is 3. The summed E-state index contributed by atoms with van der Waals surface area (Å²) in [7, 11) is 0. The molecule has 0 unspecified atom stereocenters. The number of benzene rings is 2. The summed E-state index contributed by atoms with van der Waals surface area (Å²) in [5.74, 6) is 0.926. The predicted octanol–water partition coefficient (Wildman–Crippen LogP) is 3.76. The van der Waals surface area contributed by atoms with Crippen LogP contribution >= 0.6 is 0 Å². The molecule has 0 aliphatic heterocycles. The average molecular weight is 258 g/mol. The zero-order chi connectivity index (χ0) is 13.7. The van der Waals surface area contributed by atoms with Crippen LogP contribution in [0.15, 0.2) is 48.5 Å². The van der Waals surface area contributed by atoms with E-state index in [1.54, 1.807) is 18.2 Å². The molecular weight excluding hydrogens is 240 g/mol. The molecule has 100 valence electrons. The Kier molecular flexibility index (Phi) is 4.29. The van der Waals surface area contributed by atoms with Crippen LogP contribution < -0.4 is 9.47 Å². The molecule has 0 heterocycles. The summed E-state index contributed by atoms with van der Waals surface area (Å²) in [6.45, 7) is 4.24. The first kappa shape index (κ1) is 13.3. The first-order chi connectivity index (χ1) is 9.16. The molecule has 0 aliphatic carbocycles. The minimum absolute atomic E-state index is 0.00951. The van der Waals surface area contributed by atoms with Gasteiger partial charge in [0.15, 0.2) is 11.5 Å². The first-order valence-electron chi connectivity index (χ1n) is 6.32. The molecule has 2 aromatic rings. The summed E-state index contributed by atoms with van der Waals surface area (Å²) in [5, 5.41) is 10.1. The van der Waals surface area contributed by atoms with E-state index in [4.69, 9.17) is 9.47 Å². The molecule has 2 rings (SSSR count). The van der Waals surface area contributed by atoms with Gasteiger partial charge in [0.1, 0.15) is 6.61 Å². The van der Waals surface area contributed by atoms with Gasteiger partial charge in [-0.25, -0.2) is 0 Å². The first-order valence-corrected chi connectivity index (χ1v) is 6.32. The Labute approximate surface area is 113 Å². The fraction of sp³-hybridized carbons (Fsp3) is 0.250. The lowest BCUT2D eigenvalue weighted by atomic mass is 10.2. The number of ether oxygens (including phenoxy) is 2. The highest BCUT2D eigenvalue weighted by Gasteiger charge is 2.10. The molecule has 3 nitrogen and oxygen atoms in total. The standard InChI is InChI=1S/C16H18O3/c1-12(2)19-15-10-6-9-14(16(15)17)18-11-13-7-4-3-5-8-13/h3-10,12,17H,11H2,1-2H3. The number of phenolic OH excluding ortho intramolecular Hbond substituents is 1. The van der Waals surface area contributed by atoms with E-state index in [-0.39, 0.29) is 11.9 Å². The molecule has 0 saturated heterocycles. The Morgan fingerprint density at radius 1 is 0.947 bits per heavy atom. The van der Waals surface area contributed by atoms with Gasteiger partial charge in [-0.1, -0.05) is 36.4 Å². The Balaban J connectivity index is 2.08. The third kappa shape index (κ3) is 3.65. The molecule has 1 N–H and O–H groups in total. The molecule has 0 amide bonds. The highest BCUT2D eigenvalue weighted by Crippen LogP contribution is 2.36. The minimum Gasteiger partial charge on any atom is -0.502 e. The summed E-state index contributed by atoms with van der Waals surface area (Å²) in [6.07, 6.45) is 0.00951. The van der Waals surface area contributed by atoms with Crippen molar-refractivity contribution < 1.29 is 14.6 Å². The lowest BCUT2D eigenvalue weighted by Crippen LogP contribution is -2.06. The van der Waals surface area contributed by atoms with Crippen LogP contribution in [-0.2, 0) is 6.61 Å². The second-order valence-corrected chi connectivity index (χ2v) is 4.54. The molecule has 0 radical (unpaired) electrons. The van der Waals surface area contributed by atoms with Crippen LogP contribution in [0.4, 0.5) is 0 Å². The SMILES string of the molecule is CC(C)Oc1cccc(OCc2ccccc2)c1O. The third-order valence-corrected chi connectivity index (χ3v) is 2.56. The van der Waals surface area contributed by atoms with Crippen LogP contribution in [0.3, 0.4) is 0 Å². The van der Waals surface area contributed by atoms with Crippen molar-refractivity contribution in [1.82, 2.24) is 0 Å². The van der Waals surface area contributed by atoms with E-state index in [9.17, 15) is 5.11 Å². The van der Waals surface area contributed by atoms with Crippen LogP contribution in [-0.4, -0.2) is 11.2 Å². The van der Waals surface area contributed by atoms with Gasteiger partial charge in [-0.2, -0.15) is 0 Å². The van der Waals surface area contributed by atoms with Crippen LogP contribution in [0.25, 0.3) is 0 Å². The number of phenols is 1. The van der Waals surface area contributed by atoms with Crippen molar-refractivity contribution in [2.24, 2.45) is 0 Å².